The maximum absolute atomic E-state index is 9.53. The van der Waals surface area contributed by atoms with Gasteiger partial charge in [0.1, 0.15) is 5.75 Å². The largest absolute Gasteiger partial charge is 0.496 e. The third-order valence-electron chi connectivity index (χ3n) is 3.82. The molecule has 0 spiro atoms. The molecule has 0 aliphatic rings. The lowest BCUT2D eigenvalue weighted by atomic mass is 9.97. The smallest absolute Gasteiger partial charge is 0.122 e. The molecule has 0 aliphatic heterocycles. The van der Waals surface area contributed by atoms with Crippen LogP contribution in [0.5, 0.6) is 5.75 Å². The van der Waals surface area contributed by atoms with E-state index in [1.54, 1.807) is 7.11 Å². The van der Waals surface area contributed by atoms with E-state index in [4.69, 9.17) is 4.74 Å². The summed E-state index contributed by atoms with van der Waals surface area (Å²) in [6.45, 7) is 0.0279. The second-order valence-corrected chi connectivity index (χ2v) is 5.11. The van der Waals surface area contributed by atoms with Crippen molar-refractivity contribution in [1.82, 2.24) is 0 Å². The Morgan fingerprint density at radius 1 is 0.905 bits per heavy atom. The summed E-state index contributed by atoms with van der Waals surface area (Å²) in [5.74, 6) is 0.828. The number of hydrogen-bond acceptors (Lipinski definition) is 2. The minimum absolute atomic E-state index is 0.0279. The second-order valence-electron chi connectivity index (χ2n) is 5.11. The van der Waals surface area contributed by atoms with Gasteiger partial charge in [0.2, 0.25) is 0 Å². The maximum atomic E-state index is 9.53. The number of fused-ring (bicyclic) bond motifs is 1. The minimum atomic E-state index is 0.0279. The van der Waals surface area contributed by atoms with Crippen molar-refractivity contribution in [3.05, 3.63) is 77.4 Å². The highest BCUT2D eigenvalue weighted by Gasteiger charge is 2.09. The van der Waals surface area contributed by atoms with Gasteiger partial charge in [0, 0.05) is 12.0 Å². The van der Waals surface area contributed by atoms with Crippen LogP contribution < -0.4 is 4.74 Å². The van der Waals surface area contributed by atoms with Crippen molar-refractivity contribution in [2.45, 2.75) is 13.0 Å². The van der Waals surface area contributed by atoms with Crippen LogP contribution in [0.15, 0.2) is 60.7 Å². The summed E-state index contributed by atoms with van der Waals surface area (Å²) in [6, 6.07) is 20.6. The molecule has 106 valence electrons. The molecular weight excluding hydrogens is 260 g/mol. The van der Waals surface area contributed by atoms with Gasteiger partial charge in [0.05, 0.1) is 13.7 Å². The van der Waals surface area contributed by atoms with Gasteiger partial charge in [-0.15, -0.1) is 0 Å². The van der Waals surface area contributed by atoms with Crippen molar-refractivity contribution < 1.29 is 9.84 Å². The van der Waals surface area contributed by atoms with Crippen LogP contribution in [0, 0.1) is 0 Å². The lowest BCUT2D eigenvalue weighted by Gasteiger charge is -2.13. The molecule has 3 aromatic rings. The second kappa shape index (κ2) is 5.98. The summed E-state index contributed by atoms with van der Waals surface area (Å²) in [5, 5.41) is 12.0. The van der Waals surface area contributed by atoms with Crippen molar-refractivity contribution in [3.63, 3.8) is 0 Å². The van der Waals surface area contributed by atoms with Crippen molar-refractivity contribution in [2.75, 3.05) is 7.11 Å². The predicted molar refractivity (Wildman–Crippen MR) is 85.7 cm³/mol. The summed E-state index contributed by atoms with van der Waals surface area (Å²) in [7, 11) is 1.67. The van der Waals surface area contributed by atoms with Crippen LogP contribution in [-0.4, -0.2) is 12.2 Å². The zero-order valence-corrected chi connectivity index (χ0v) is 12.0. The molecule has 0 bridgehead atoms. The first-order valence-corrected chi connectivity index (χ1v) is 7.05. The van der Waals surface area contributed by atoms with Crippen molar-refractivity contribution >= 4 is 10.8 Å². The third-order valence-corrected chi connectivity index (χ3v) is 3.82. The zero-order valence-electron chi connectivity index (χ0n) is 12.0. The Bertz CT molecular complexity index is 740. The van der Waals surface area contributed by atoms with Crippen molar-refractivity contribution in [2.24, 2.45) is 0 Å². The molecule has 1 N–H and O–H groups in total. The maximum Gasteiger partial charge on any atom is 0.122 e. The van der Waals surface area contributed by atoms with Gasteiger partial charge in [-0.2, -0.15) is 0 Å². The summed E-state index contributed by atoms with van der Waals surface area (Å²) >= 11 is 0. The molecule has 2 nitrogen and oxygen atoms in total. The number of hydrogen-bond donors (Lipinski definition) is 1. The van der Waals surface area contributed by atoms with E-state index in [-0.39, 0.29) is 6.61 Å². The number of rotatable bonds is 4. The van der Waals surface area contributed by atoms with Crippen LogP contribution in [0.25, 0.3) is 10.8 Å². The van der Waals surface area contributed by atoms with E-state index in [9.17, 15) is 5.11 Å². The first kappa shape index (κ1) is 13.7. The fourth-order valence-corrected chi connectivity index (χ4v) is 2.70. The van der Waals surface area contributed by atoms with Crippen LogP contribution in [0.3, 0.4) is 0 Å². The first-order chi connectivity index (χ1) is 10.3. The molecule has 0 aromatic heterocycles. The monoisotopic (exact) mass is 278 g/mol. The number of ether oxygens (including phenoxy) is 1. The van der Waals surface area contributed by atoms with Crippen LogP contribution in [0.2, 0.25) is 0 Å². The summed E-state index contributed by atoms with van der Waals surface area (Å²) in [6.07, 6.45) is 0.755. The Balaban J connectivity index is 2.02. The first-order valence-electron chi connectivity index (χ1n) is 7.05. The predicted octanol–water partition coefficient (Wildman–Crippen LogP) is 3.93. The Labute approximate surface area is 124 Å². The van der Waals surface area contributed by atoms with E-state index >= 15 is 0 Å². The molecule has 0 heterocycles. The molecule has 3 aromatic carbocycles. The SMILES string of the molecule is COc1cccc(CO)c1Cc1ccc2ccccc2c1. The lowest BCUT2D eigenvalue weighted by Crippen LogP contribution is -1.99. The Kier molecular flexibility index (Phi) is 3.89. The van der Waals surface area contributed by atoms with Gasteiger partial charge in [-0.3, -0.25) is 0 Å². The van der Waals surface area contributed by atoms with Crippen LogP contribution in [-0.2, 0) is 13.0 Å². The molecule has 0 fully saturated rings. The Hall–Kier alpha value is -2.32. The quantitative estimate of drug-likeness (QED) is 0.783. The Morgan fingerprint density at radius 2 is 1.71 bits per heavy atom. The van der Waals surface area contributed by atoms with E-state index in [1.165, 1.54) is 16.3 Å². The molecule has 21 heavy (non-hydrogen) atoms. The molecule has 0 aliphatic carbocycles. The molecule has 2 heteroatoms. The molecule has 0 saturated carbocycles. The number of aliphatic hydroxyl groups is 1. The standard InChI is InChI=1S/C19H18O2/c1-21-19-8-4-7-17(13-20)18(19)12-14-9-10-15-5-2-3-6-16(15)11-14/h2-11,20H,12-13H2,1H3. The summed E-state index contributed by atoms with van der Waals surface area (Å²) in [5.41, 5.74) is 3.19. The molecule has 0 amide bonds. The van der Waals surface area contributed by atoms with Gasteiger partial charge in [0.25, 0.3) is 0 Å². The lowest BCUT2D eigenvalue weighted by molar-refractivity contribution is 0.279. The van der Waals surface area contributed by atoms with E-state index in [1.807, 2.05) is 30.3 Å². The van der Waals surface area contributed by atoms with Crippen LogP contribution in [0.1, 0.15) is 16.7 Å². The van der Waals surface area contributed by atoms with Gasteiger partial charge in [-0.25, -0.2) is 0 Å². The summed E-state index contributed by atoms with van der Waals surface area (Å²) < 4.78 is 5.44. The third kappa shape index (κ3) is 2.76. The topological polar surface area (TPSA) is 29.5 Å². The van der Waals surface area contributed by atoms with E-state index < -0.39 is 0 Å². The van der Waals surface area contributed by atoms with Gasteiger partial charge in [0.15, 0.2) is 0 Å². The van der Waals surface area contributed by atoms with Gasteiger partial charge >= 0.3 is 0 Å². The van der Waals surface area contributed by atoms with Gasteiger partial charge in [-0.05, 0) is 28.0 Å². The van der Waals surface area contributed by atoms with Crippen LogP contribution in [0.4, 0.5) is 0 Å². The highest BCUT2D eigenvalue weighted by Crippen LogP contribution is 2.26. The summed E-state index contributed by atoms with van der Waals surface area (Å²) in [4.78, 5) is 0. The van der Waals surface area contributed by atoms with Gasteiger partial charge in [-0.1, -0.05) is 54.6 Å². The molecule has 0 atom stereocenters. The molecule has 3 rings (SSSR count). The molecule has 0 saturated heterocycles. The van der Waals surface area contributed by atoms with Crippen molar-refractivity contribution in [3.8, 4) is 5.75 Å². The average Bonchev–Trinajstić information content (AvgIpc) is 2.55. The fraction of sp³-hybridized carbons (Fsp3) is 0.158. The number of methoxy groups -OCH3 is 1. The highest BCUT2D eigenvalue weighted by molar-refractivity contribution is 5.83. The van der Waals surface area contributed by atoms with E-state index in [0.717, 1.165) is 23.3 Å². The zero-order chi connectivity index (χ0) is 14.7. The number of benzene rings is 3. The van der Waals surface area contributed by atoms with E-state index in [0.29, 0.717) is 0 Å². The van der Waals surface area contributed by atoms with Crippen LogP contribution >= 0.6 is 0 Å². The molecule has 0 radical (unpaired) electrons. The minimum Gasteiger partial charge on any atom is -0.496 e. The fourth-order valence-electron chi connectivity index (χ4n) is 2.70. The highest BCUT2D eigenvalue weighted by atomic mass is 16.5. The number of aliphatic hydroxyl groups excluding tert-OH is 1. The molecular formula is C19H18O2. The van der Waals surface area contributed by atoms with Gasteiger partial charge < -0.3 is 9.84 Å². The van der Waals surface area contributed by atoms with Crippen molar-refractivity contribution in [1.29, 1.82) is 0 Å². The molecule has 0 unspecified atom stereocenters. The normalized spacial score (nSPS) is 10.8. The Morgan fingerprint density at radius 3 is 2.48 bits per heavy atom. The average molecular weight is 278 g/mol. The van der Waals surface area contributed by atoms with E-state index in [2.05, 4.69) is 30.3 Å².